The first kappa shape index (κ1) is 33.1. The zero-order valence-corrected chi connectivity index (χ0v) is 26.1. The summed E-state index contributed by atoms with van der Waals surface area (Å²) < 4.78 is 13.7. The molecule has 1 saturated heterocycles. The molecular formula is C39H46FN3O2. The number of halogens is 1. The highest BCUT2D eigenvalue weighted by molar-refractivity contribution is 5.92. The summed E-state index contributed by atoms with van der Waals surface area (Å²) in [5, 5.41) is 6.72. The van der Waals surface area contributed by atoms with E-state index in [0.29, 0.717) is 18.4 Å². The lowest BCUT2D eigenvalue weighted by Gasteiger charge is -2.42. The molecule has 1 fully saturated rings. The second-order valence-electron chi connectivity index (χ2n) is 11.5. The minimum absolute atomic E-state index is 0. The first-order valence-electron chi connectivity index (χ1n) is 15.3. The summed E-state index contributed by atoms with van der Waals surface area (Å²) in [6.07, 6.45) is 17.7. The number of aryl methyl sites for hydroxylation is 1. The highest BCUT2D eigenvalue weighted by Gasteiger charge is 2.40. The van der Waals surface area contributed by atoms with Crippen molar-refractivity contribution in [2.24, 2.45) is 11.7 Å². The van der Waals surface area contributed by atoms with Gasteiger partial charge in [-0.2, -0.15) is 0 Å². The average Bonchev–Trinajstić information content (AvgIpc) is 3.01. The second kappa shape index (κ2) is 16.3. The zero-order chi connectivity index (χ0) is 32.2. The topological polar surface area (TPSA) is 84.2 Å². The largest absolute Gasteiger partial charge is 0.366 e. The van der Waals surface area contributed by atoms with Crippen molar-refractivity contribution in [1.29, 1.82) is 0 Å². The number of carbonyl (C=O) groups excluding carboxylic acids is 2. The molecular weight excluding hydrogens is 561 g/mol. The predicted octanol–water partition coefficient (Wildman–Crippen LogP) is 7.69. The Bertz CT molecular complexity index is 1610. The molecule has 3 aromatic rings. The van der Waals surface area contributed by atoms with Crippen LogP contribution in [0.1, 0.15) is 55.6 Å². The average molecular weight is 608 g/mol. The third-order valence-electron chi connectivity index (χ3n) is 8.26. The number of hydrogen-bond acceptors (Lipinski definition) is 3. The Labute approximate surface area is 269 Å². The van der Waals surface area contributed by atoms with Crippen molar-refractivity contribution in [3.8, 4) is 0 Å². The highest BCUT2D eigenvalue weighted by atomic mass is 19.1. The van der Waals surface area contributed by atoms with Gasteiger partial charge in [-0.3, -0.25) is 9.59 Å². The minimum atomic E-state index is -0.372. The van der Waals surface area contributed by atoms with Crippen LogP contribution in [0.25, 0.3) is 6.08 Å². The van der Waals surface area contributed by atoms with Crippen LogP contribution in [0.2, 0.25) is 0 Å². The number of allylic oxidation sites excluding steroid dienone is 8. The molecule has 5 nitrogen and oxygen atoms in total. The fraction of sp³-hybridized carbons (Fsp3) is 0.231. The van der Waals surface area contributed by atoms with Crippen LogP contribution in [0.4, 0.5) is 4.39 Å². The molecule has 0 radical (unpaired) electrons. The fourth-order valence-corrected chi connectivity index (χ4v) is 5.93. The van der Waals surface area contributed by atoms with Gasteiger partial charge < -0.3 is 16.4 Å². The number of nitrogens with two attached hydrogens (primary N) is 1. The zero-order valence-electron chi connectivity index (χ0n) is 26.1. The van der Waals surface area contributed by atoms with Gasteiger partial charge in [0.2, 0.25) is 11.8 Å². The predicted molar refractivity (Wildman–Crippen MR) is 186 cm³/mol. The van der Waals surface area contributed by atoms with E-state index in [1.807, 2.05) is 86.8 Å². The van der Waals surface area contributed by atoms with E-state index in [1.54, 1.807) is 12.1 Å². The Morgan fingerprint density at radius 3 is 2.40 bits per heavy atom. The number of hydrogen-bond donors (Lipinski definition) is 3. The van der Waals surface area contributed by atoms with Crippen LogP contribution < -0.4 is 16.4 Å². The lowest BCUT2D eigenvalue weighted by molar-refractivity contribution is -0.125. The maximum atomic E-state index is 13.7. The summed E-state index contributed by atoms with van der Waals surface area (Å²) >= 11 is 0. The van der Waals surface area contributed by atoms with E-state index in [0.717, 1.165) is 27.8 Å². The molecule has 0 bridgehead atoms. The number of piperidine rings is 1. The van der Waals surface area contributed by atoms with Crippen molar-refractivity contribution in [2.75, 3.05) is 7.05 Å². The number of primary amides is 1. The van der Waals surface area contributed by atoms with Crippen LogP contribution in [-0.4, -0.2) is 30.9 Å². The van der Waals surface area contributed by atoms with Crippen molar-refractivity contribution >= 4 is 17.9 Å². The SMILES string of the molecule is CNC(C)C1C(CC(=C\c2ccccc2)/C2=C\C=C/C=C/C=C\2)NC(=O)C[C@@H]1c1ccc(F)cc1.Cc1cccc(C(N)=O)c1.[HH].[HH]. The molecule has 2 aliphatic rings. The maximum Gasteiger partial charge on any atom is 0.248 e. The number of carbonyl (C=O) groups is 2. The van der Waals surface area contributed by atoms with Gasteiger partial charge in [-0.1, -0.05) is 109 Å². The first-order valence-corrected chi connectivity index (χ1v) is 15.3. The van der Waals surface area contributed by atoms with Crippen LogP contribution in [0.3, 0.4) is 0 Å². The number of amides is 2. The van der Waals surface area contributed by atoms with Gasteiger partial charge in [0.25, 0.3) is 0 Å². The van der Waals surface area contributed by atoms with Gasteiger partial charge in [0.15, 0.2) is 0 Å². The standard InChI is InChI=1S/C31H33FN2O.C8H9NO.2H2/c1-22(33-2)31-28(25-15-17-27(32)18-16-25)21-30(35)34-29(31)20-26(19-23-11-7-6-8-12-23)24-13-9-4-3-5-10-14-24;1-6-3-2-4-7(5-6)8(9)10;;/h3-19,22,28-29,31,33H,20-21H2,1-2H3,(H,34,35);2-5H,1H3,(H2,9,10);2*1H/b4-3+,5-3?,9-4?,10-5-,13-9-,14-10?,24-13?,24-14-,26-19+;;;/t22?,28-,29?,31?;;;/m1.../s1. The van der Waals surface area contributed by atoms with Crippen molar-refractivity contribution in [3.63, 3.8) is 0 Å². The molecule has 6 heteroatoms. The molecule has 1 aliphatic carbocycles. The lowest BCUT2D eigenvalue weighted by atomic mass is 9.71. The molecule has 4 N–H and O–H groups in total. The summed E-state index contributed by atoms with van der Waals surface area (Å²) in [5.74, 6) is -0.464. The lowest BCUT2D eigenvalue weighted by Crippen LogP contribution is -2.54. The normalized spacial score (nSPS) is 23.5. The third kappa shape index (κ3) is 9.59. The summed E-state index contributed by atoms with van der Waals surface area (Å²) in [5.41, 5.74) is 11.1. The minimum Gasteiger partial charge on any atom is -0.366 e. The van der Waals surface area contributed by atoms with E-state index in [9.17, 15) is 14.0 Å². The van der Waals surface area contributed by atoms with Crippen LogP contribution in [-0.2, 0) is 4.79 Å². The molecule has 3 unspecified atom stereocenters. The van der Waals surface area contributed by atoms with Crippen molar-refractivity contribution in [3.05, 3.63) is 161 Å². The fourth-order valence-electron chi connectivity index (χ4n) is 5.93. The monoisotopic (exact) mass is 607 g/mol. The van der Waals surface area contributed by atoms with E-state index >= 15 is 0 Å². The van der Waals surface area contributed by atoms with E-state index in [-0.39, 0.29) is 44.4 Å². The summed E-state index contributed by atoms with van der Waals surface area (Å²) in [4.78, 5) is 23.5. The van der Waals surface area contributed by atoms with E-state index < -0.39 is 0 Å². The molecule has 1 aliphatic heterocycles. The van der Waals surface area contributed by atoms with Crippen LogP contribution in [0.15, 0.2) is 133 Å². The van der Waals surface area contributed by atoms with E-state index in [1.165, 1.54) is 12.1 Å². The van der Waals surface area contributed by atoms with E-state index in [2.05, 4.69) is 47.9 Å². The Hall–Kier alpha value is -4.81. The number of rotatable bonds is 8. The van der Waals surface area contributed by atoms with Gasteiger partial charge in [-0.15, -0.1) is 0 Å². The summed E-state index contributed by atoms with van der Waals surface area (Å²) in [6.45, 7) is 4.08. The van der Waals surface area contributed by atoms with Gasteiger partial charge in [-0.05, 0) is 79.8 Å². The number of nitrogens with one attached hydrogen (secondary N) is 2. The maximum absolute atomic E-state index is 13.7. The van der Waals surface area contributed by atoms with Crippen LogP contribution in [0, 0.1) is 18.7 Å². The van der Waals surface area contributed by atoms with Crippen LogP contribution >= 0.6 is 0 Å². The quantitative estimate of drug-likeness (QED) is 0.246. The second-order valence-corrected chi connectivity index (χ2v) is 11.5. The molecule has 0 saturated carbocycles. The van der Waals surface area contributed by atoms with Gasteiger partial charge in [0, 0.05) is 32.8 Å². The molecule has 0 spiro atoms. The van der Waals surface area contributed by atoms with Gasteiger partial charge in [-0.25, -0.2) is 4.39 Å². The Balaban J connectivity index is 0.000000550. The molecule has 1 heterocycles. The molecule has 0 aromatic heterocycles. The molecule has 236 valence electrons. The Morgan fingerprint density at radius 1 is 1.02 bits per heavy atom. The smallest absolute Gasteiger partial charge is 0.248 e. The van der Waals surface area contributed by atoms with Gasteiger partial charge in [0.05, 0.1) is 0 Å². The Kier molecular flexibility index (Phi) is 12.0. The molecule has 4 atom stereocenters. The van der Waals surface area contributed by atoms with Gasteiger partial charge >= 0.3 is 0 Å². The highest BCUT2D eigenvalue weighted by Crippen LogP contribution is 2.39. The first-order chi connectivity index (χ1) is 21.7. The summed E-state index contributed by atoms with van der Waals surface area (Å²) in [6, 6.07) is 24.2. The van der Waals surface area contributed by atoms with Gasteiger partial charge in [0.1, 0.15) is 5.82 Å². The van der Waals surface area contributed by atoms with E-state index in [4.69, 9.17) is 5.73 Å². The number of benzene rings is 3. The van der Waals surface area contributed by atoms with Crippen molar-refractivity contribution in [2.45, 2.75) is 44.7 Å². The molecule has 3 aromatic carbocycles. The third-order valence-corrected chi connectivity index (χ3v) is 8.26. The van der Waals surface area contributed by atoms with Crippen molar-refractivity contribution < 1.29 is 16.8 Å². The van der Waals surface area contributed by atoms with Crippen molar-refractivity contribution in [1.82, 2.24) is 10.6 Å². The summed E-state index contributed by atoms with van der Waals surface area (Å²) in [7, 11) is 1.96. The molecule has 45 heavy (non-hydrogen) atoms. The van der Waals surface area contributed by atoms with Crippen LogP contribution in [0.5, 0.6) is 0 Å². The molecule has 5 rings (SSSR count). The molecule has 2 amide bonds. The Morgan fingerprint density at radius 2 is 1.73 bits per heavy atom.